The monoisotopic (exact) mass is 276 g/mol. The van der Waals surface area contributed by atoms with Gasteiger partial charge in [-0.25, -0.2) is 0 Å². The third-order valence-corrected chi connectivity index (χ3v) is 3.97. The Morgan fingerprint density at radius 3 is 2.85 bits per heavy atom. The number of carbonyl (C=O) groups is 1. The normalized spacial score (nSPS) is 21.8. The quantitative estimate of drug-likeness (QED) is 0.869. The summed E-state index contributed by atoms with van der Waals surface area (Å²) in [5, 5.41) is 6.38. The van der Waals surface area contributed by atoms with Gasteiger partial charge < -0.3 is 15.4 Å². The molecule has 1 atom stereocenters. The van der Waals surface area contributed by atoms with Gasteiger partial charge in [0, 0.05) is 0 Å². The smallest absolute Gasteiger partial charge is 0.244 e. The molecule has 0 saturated carbocycles. The van der Waals surface area contributed by atoms with Crippen LogP contribution in [0.1, 0.15) is 38.7 Å². The Hall–Kier alpha value is -1.55. The zero-order valence-corrected chi connectivity index (χ0v) is 12.6. The number of ether oxygens (including phenoxy) is 1. The first-order valence-corrected chi connectivity index (χ1v) is 7.41. The Bertz CT molecular complexity index is 479. The molecule has 1 aliphatic heterocycles. The van der Waals surface area contributed by atoms with Crippen LogP contribution in [0.25, 0.3) is 0 Å². The van der Waals surface area contributed by atoms with E-state index < -0.39 is 5.54 Å². The Labute approximate surface area is 120 Å². The van der Waals surface area contributed by atoms with Crippen molar-refractivity contribution < 1.29 is 9.53 Å². The van der Waals surface area contributed by atoms with Crippen LogP contribution >= 0.6 is 0 Å². The molecule has 1 saturated heterocycles. The third kappa shape index (κ3) is 2.96. The molecule has 2 rings (SSSR count). The topological polar surface area (TPSA) is 50.4 Å². The molecule has 0 spiro atoms. The molecule has 110 valence electrons. The van der Waals surface area contributed by atoms with Crippen molar-refractivity contribution in [2.24, 2.45) is 0 Å². The van der Waals surface area contributed by atoms with Gasteiger partial charge in [-0.2, -0.15) is 0 Å². The zero-order chi connectivity index (χ0) is 14.6. The molecule has 1 unspecified atom stereocenters. The van der Waals surface area contributed by atoms with Crippen LogP contribution in [0.4, 0.5) is 5.69 Å². The summed E-state index contributed by atoms with van der Waals surface area (Å²) >= 11 is 0. The van der Waals surface area contributed by atoms with Gasteiger partial charge in [-0.15, -0.1) is 0 Å². The van der Waals surface area contributed by atoms with E-state index in [1.165, 1.54) is 0 Å². The maximum atomic E-state index is 12.6. The molecule has 1 fully saturated rings. The van der Waals surface area contributed by atoms with Crippen molar-refractivity contribution in [2.75, 3.05) is 18.5 Å². The van der Waals surface area contributed by atoms with E-state index in [1.807, 2.05) is 32.0 Å². The minimum absolute atomic E-state index is 0.0438. The molecule has 1 heterocycles. The summed E-state index contributed by atoms with van der Waals surface area (Å²) < 4.78 is 5.61. The summed E-state index contributed by atoms with van der Waals surface area (Å²) in [7, 11) is 0. The number of nitrogens with one attached hydrogen (secondary N) is 2. The predicted molar refractivity (Wildman–Crippen MR) is 81.2 cm³/mol. The van der Waals surface area contributed by atoms with E-state index >= 15 is 0 Å². The molecule has 4 heteroatoms. The van der Waals surface area contributed by atoms with Gasteiger partial charge in [0.2, 0.25) is 5.91 Å². The molecule has 1 amide bonds. The molecule has 0 aromatic heterocycles. The summed E-state index contributed by atoms with van der Waals surface area (Å²) in [4.78, 5) is 12.6. The summed E-state index contributed by atoms with van der Waals surface area (Å²) in [5.74, 6) is 0.785. The first-order valence-electron chi connectivity index (χ1n) is 7.41. The van der Waals surface area contributed by atoms with E-state index in [9.17, 15) is 4.79 Å². The predicted octanol–water partition coefficient (Wildman–Crippen LogP) is 2.86. The SMILES string of the molecule is CCOc1cc(C)ccc1NC(=O)C1(CC)CCCN1. The number of rotatable bonds is 5. The summed E-state index contributed by atoms with van der Waals surface area (Å²) in [6.07, 6.45) is 2.74. The first kappa shape index (κ1) is 14.9. The lowest BCUT2D eigenvalue weighted by molar-refractivity contribution is -0.122. The second-order valence-electron chi connectivity index (χ2n) is 5.35. The molecule has 1 aromatic rings. The van der Waals surface area contributed by atoms with Gasteiger partial charge in [-0.05, 0) is 57.4 Å². The van der Waals surface area contributed by atoms with Gasteiger partial charge in [0.05, 0.1) is 17.8 Å². The van der Waals surface area contributed by atoms with Crippen molar-refractivity contribution >= 4 is 11.6 Å². The van der Waals surface area contributed by atoms with Crippen LogP contribution in [0.3, 0.4) is 0 Å². The molecule has 0 bridgehead atoms. The highest BCUT2D eigenvalue weighted by Crippen LogP contribution is 2.29. The molecular weight excluding hydrogens is 252 g/mol. The van der Waals surface area contributed by atoms with Crippen LogP contribution in [0.5, 0.6) is 5.75 Å². The number of amides is 1. The Morgan fingerprint density at radius 1 is 1.45 bits per heavy atom. The maximum absolute atomic E-state index is 12.6. The highest BCUT2D eigenvalue weighted by Gasteiger charge is 2.39. The van der Waals surface area contributed by atoms with E-state index in [-0.39, 0.29) is 5.91 Å². The van der Waals surface area contributed by atoms with Crippen molar-refractivity contribution in [3.05, 3.63) is 23.8 Å². The maximum Gasteiger partial charge on any atom is 0.244 e. The Morgan fingerprint density at radius 2 is 2.25 bits per heavy atom. The average Bonchev–Trinajstić information content (AvgIpc) is 2.92. The highest BCUT2D eigenvalue weighted by atomic mass is 16.5. The lowest BCUT2D eigenvalue weighted by Crippen LogP contribution is -2.50. The van der Waals surface area contributed by atoms with Crippen molar-refractivity contribution in [2.45, 2.75) is 45.6 Å². The third-order valence-electron chi connectivity index (χ3n) is 3.97. The van der Waals surface area contributed by atoms with Gasteiger partial charge >= 0.3 is 0 Å². The lowest BCUT2D eigenvalue weighted by Gasteiger charge is -2.27. The van der Waals surface area contributed by atoms with Crippen LogP contribution in [-0.4, -0.2) is 24.6 Å². The van der Waals surface area contributed by atoms with Gasteiger partial charge in [0.25, 0.3) is 0 Å². The highest BCUT2D eigenvalue weighted by molar-refractivity contribution is 5.99. The standard InChI is InChI=1S/C16H24N2O2/c1-4-16(9-6-10-17-16)15(19)18-13-8-7-12(3)11-14(13)20-5-2/h7-8,11,17H,4-6,9-10H2,1-3H3,(H,18,19). The molecule has 0 radical (unpaired) electrons. The second kappa shape index (κ2) is 6.27. The molecule has 20 heavy (non-hydrogen) atoms. The number of anilines is 1. The largest absolute Gasteiger partial charge is 0.492 e. The number of aryl methyl sites for hydroxylation is 1. The van der Waals surface area contributed by atoms with Crippen LogP contribution in [0, 0.1) is 6.92 Å². The van der Waals surface area contributed by atoms with Crippen LogP contribution in [0.15, 0.2) is 18.2 Å². The number of hydrogen-bond donors (Lipinski definition) is 2. The number of hydrogen-bond acceptors (Lipinski definition) is 3. The summed E-state index contributed by atoms with van der Waals surface area (Å²) in [6, 6.07) is 5.86. The molecule has 4 nitrogen and oxygen atoms in total. The van der Waals surface area contributed by atoms with Crippen LogP contribution in [-0.2, 0) is 4.79 Å². The van der Waals surface area contributed by atoms with Gasteiger partial charge in [-0.3, -0.25) is 4.79 Å². The molecule has 2 N–H and O–H groups in total. The van der Waals surface area contributed by atoms with E-state index in [1.54, 1.807) is 0 Å². The Kier molecular flexibility index (Phi) is 4.65. The van der Waals surface area contributed by atoms with E-state index in [2.05, 4.69) is 17.6 Å². The molecule has 0 aliphatic carbocycles. The van der Waals surface area contributed by atoms with Crippen molar-refractivity contribution in [1.29, 1.82) is 0 Å². The molecule has 1 aromatic carbocycles. The fourth-order valence-corrected chi connectivity index (χ4v) is 2.71. The van der Waals surface area contributed by atoms with E-state index in [4.69, 9.17) is 4.74 Å². The van der Waals surface area contributed by atoms with Crippen LogP contribution < -0.4 is 15.4 Å². The summed E-state index contributed by atoms with van der Waals surface area (Å²) in [6.45, 7) is 7.51. The fourth-order valence-electron chi connectivity index (χ4n) is 2.71. The lowest BCUT2D eigenvalue weighted by atomic mass is 9.93. The van der Waals surface area contributed by atoms with Crippen molar-refractivity contribution in [3.63, 3.8) is 0 Å². The zero-order valence-electron chi connectivity index (χ0n) is 12.6. The molecule has 1 aliphatic rings. The van der Waals surface area contributed by atoms with Crippen molar-refractivity contribution in [1.82, 2.24) is 5.32 Å². The average molecular weight is 276 g/mol. The van der Waals surface area contributed by atoms with Crippen LogP contribution in [0.2, 0.25) is 0 Å². The number of benzene rings is 1. The minimum atomic E-state index is -0.422. The first-order chi connectivity index (χ1) is 9.61. The van der Waals surface area contributed by atoms with Gasteiger partial charge in [0.15, 0.2) is 0 Å². The summed E-state index contributed by atoms with van der Waals surface area (Å²) in [5.41, 5.74) is 1.45. The van der Waals surface area contributed by atoms with E-state index in [0.717, 1.165) is 42.8 Å². The Balaban J connectivity index is 2.18. The van der Waals surface area contributed by atoms with Gasteiger partial charge in [0.1, 0.15) is 5.75 Å². The van der Waals surface area contributed by atoms with Crippen molar-refractivity contribution in [3.8, 4) is 5.75 Å². The van der Waals surface area contributed by atoms with E-state index in [0.29, 0.717) is 6.61 Å². The second-order valence-corrected chi connectivity index (χ2v) is 5.35. The fraction of sp³-hybridized carbons (Fsp3) is 0.562. The minimum Gasteiger partial charge on any atom is -0.492 e. The molecular formula is C16H24N2O2. The number of carbonyl (C=O) groups excluding carboxylic acids is 1. The van der Waals surface area contributed by atoms with Gasteiger partial charge in [-0.1, -0.05) is 13.0 Å².